The summed E-state index contributed by atoms with van der Waals surface area (Å²) < 4.78 is 23.4. The Labute approximate surface area is 777 Å². The van der Waals surface area contributed by atoms with E-state index in [1.165, 1.54) is 43.2 Å². The van der Waals surface area contributed by atoms with E-state index in [2.05, 4.69) is 93.5 Å². The fraction of sp³-hybridized carbons (Fsp3) is 0.245. The second-order valence-corrected chi connectivity index (χ2v) is 37.0. The fourth-order valence-corrected chi connectivity index (χ4v) is 13.1. The van der Waals surface area contributed by atoms with Crippen LogP contribution in [0.2, 0.25) is 0 Å². The van der Waals surface area contributed by atoms with Crippen LogP contribution in [0.15, 0.2) is 267 Å². The van der Waals surface area contributed by atoms with E-state index in [9.17, 15) is 29.7 Å². The summed E-state index contributed by atoms with van der Waals surface area (Å²) in [5.41, 5.74) is 31.4. The number of nitrogens with two attached hydrogens (primary N) is 3. The van der Waals surface area contributed by atoms with Gasteiger partial charge in [-0.15, -0.1) is 59.7 Å². The van der Waals surface area contributed by atoms with Crippen molar-refractivity contribution in [1.29, 1.82) is 0 Å². The number of rotatable bonds is 30. The predicted molar refractivity (Wildman–Crippen MR) is 518 cm³/mol. The zero-order valence-corrected chi connectivity index (χ0v) is 76.7. The van der Waals surface area contributed by atoms with Crippen LogP contribution in [0.25, 0.3) is 26.8 Å². The lowest BCUT2D eigenvalue weighted by molar-refractivity contribution is 0.0717. The number of anilines is 3. The van der Waals surface area contributed by atoms with Gasteiger partial charge < -0.3 is 73.1 Å². The molecule has 30 heteroatoms. The van der Waals surface area contributed by atoms with Crippen LogP contribution in [0.5, 0.6) is 17.2 Å². The largest absolute Gasteiger partial charge is 0.508 e. The number of carbonyl (C=O) groups excluding carboxylic acids is 3. The van der Waals surface area contributed by atoms with E-state index in [1.54, 1.807) is 119 Å². The number of phenols is 2. The number of aromatic nitrogens is 6. The maximum Gasteiger partial charge on any atom is 0.369 e. The number of halogens is 4. The highest BCUT2D eigenvalue weighted by atomic mass is 79.9. The number of carbonyl (C=O) groups is 3. The third kappa shape index (κ3) is 30.7. The lowest BCUT2D eigenvalue weighted by Gasteiger charge is -2.20. The molecule has 0 saturated heterocycles. The summed E-state index contributed by atoms with van der Waals surface area (Å²) in [5, 5.41) is 64.1. The lowest BCUT2D eigenvalue weighted by Crippen LogP contribution is -2.27. The van der Waals surface area contributed by atoms with Gasteiger partial charge in [0.25, 0.3) is 17.7 Å². The molecule has 128 heavy (non-hydrogen) atoms. The van der Waals surface area contributed by atoms with Gasteiger partial charge in [-0.2, -0.15) is 15.3 Å². The molecule has 3 saturated carbocycles. The van der Waals surface area contributed by atoms with Crippen LogP contribution in [0.4, 0.5) is 28.4 Å². The predicted octanol–water partition coefficient (Wildman–Crippen LogP) is 19.4. The van der Waals surface area contributed by atoms with E-state index in [1.807, 2.05) is 178 Å². The molecule has 13 aromatic rings. The van der Waals surface area contributed by atoms with Crippen LogP contribution in [0, 0.1) is 51.7 Å². The first kappa shape index (κ1) is 98.3. The van der Waals surface area contributed by atoms with E-state index in [0.29, 0.717) is 149 Å². The van der Waals surface area contributed by atoms with Crippen LogP contribution in [0.1, 0.15) is 150 Å². The molecular weight excluding hydrogens is 1830 g/mol. The molecule has 3 unspecified atom stereocenters. The minimum absolute atomic E-state index is 0. The third-order valence-corrected chi connectivity index (χ3v) is 20.2. The molecule has 3 aliphatic carbocycles. The van der Waals surface area contributed by atoms with Gasteiger partial charge in [0.1, 0.15) is 59.2 Å². The van der Waals surface area contributed by atoms with Crippen molar-refractivity contribution < 1.29 is 49.0 Å². The molecule has 16 rings (SSSR count). The normalized spacial score (nSPS) is 12.9. The number of aliphatic hydroxyl groups excluding tert-OH is 2. The molecule has 3 amide bonds. The van der Waals surface area contributed by atoms with Crippen molar-refractivity contribution in [3.05, 3.63) is 368 Å². The van der Waals surface area contributed by atoms with Crippen molar-refractivity contribution in [2.24, 2.45) is 35.0 Å². The molecular formula is C98H104BBr3ClN15O10. The molecule has 0 spiro atoms. The topological polar surface area (TPSA) is 348 Å². The molecule has 0 aliphatic heterocycles. The van der Waals surface area contributed by atoms with E-state index < -0.39 is 6.10 Å². The summed E-state index contributed by atoms with van der Waals surface area (Å²) >= 11 is 9.31. The van der Waals surface area contributed by atoms with Crippen molar-refractivity contribution in [3.8, 4) is 34.3 Å². The van der Waals surface area contributed by atoms with E-state index in [-0.39, 0.29) is 57.0 Å². The molecule has 3 heterocycles. The number of aliphatic hydroxyl groups is 2. The Morgan fingerprint density at radius 1 is 0.461 bits per heavy atom. The summed E-state index contributed by atoms with van der Waals surface area (Å²) in [6.07, 6.45) is 5.79. The first-order valence-corrected chi connectivity index (χ1v) is 44.4. The maximum absolute atomic E-state index is 13.3. The molecule has 3 atom stereocenters. The molecule has 10 aromatic carbocycles. The van der Waals surface area contributed by atoms with Gasteiger partial charge in [0.15, 0.2) is 11.4 Å². The molecule has 3 aromatic heterocycles. The minimum Gasteiger partial charge on any atom is -0.508 e. The van der Waals surface area contributed by atoms with Gasteiger partial charge in [-0.25, -0.2) is 23.7 Å². The van der Waals surface area contributed by atoms with Gasteiger partial charge in [-0.1, -0.05) is 140 Å². The standard InChI is InChI=1S/C32H26N4O3.C29H26N4O3.C29H30N4O3.C4H13N3.C4H8O.BBr3.ClH/c1-22-18-30(36(35-22)28-13-7-11-26(20-28)33-2)32(38)34-27-12-6-10-25(19-27)31(37)24-14-16-29(17-15-24)39-21-23-8-4-3-5-9-23;1-19-15-27(33(32-19)25-8-4-6-23(17-25)30-2)29(35)31-24-7-3-5-22(16-24)28(36-18-20-9-10-20)21-11-13-26(34)14-12-21;1-19-14-27(33(32-19)25-7-2-4-21(15-25)17-30)29(35)31-24-6-3-5-23(16-24)28(36-18-20-8-9-20)22-10-12-26(34)13-11-22;5-1-3-7-4-2-6;5-3-4-1-2-4;2-1(3)4;/h3-20,31,37H,21H2,1H3,(H,34,38);3-8,11-17,20,28,34H,9-10,18H2,1H3,(H,31,35);2-7,10-16,20,28,34H,8-9,17-18,30H2,1H3,(H,31,35);7H,1-6H2;4-5H,1-3H2;;1H. The molecule has 3 fully saturated rings. The van der Waals surface area contributed by atoms with Gasteiger partial charge in [-0.3, -0.25) is 14.4 Å². The zero-order chi connectivity index (χ0) is 90.1. The Kier molecular flexibility index (Phi) is 38.4. The zero-order valence-electron chi connectivity index (χ0n) is 71.1. The Balaban J connectivity index is 0.000000183. The Bertz CT molecular complexity index is 5820. The molecule has 3 aliphatic rings. The average molecular weight is 1940 g/mol. The van der Waals surface area contributed by atoms with Crippen LogP contribution >= 0.6 is 59.7 Å². The third-order valence-electron chi connectivity index (χ3n) is 20.2. The number of nitrogens with zero attached hydrogens (tertiary/aromatic N) is 8. The van der Waals surface area contributed by atoms with Crippen LogP contribution in [-0.4, -0.2) is 117 Å². The van der Waals surface area contributed by atoms with E-state index in [4.69, 9.17) is 49.7 Å². The summed E-state index contributed by atoms with van der Waals surface area (Å²) in [6.45, 7) is 25.8. The molecule has 0 radical (unpaired) electrons. The summed E-state index contributed by atoms with van der Waals surface area (Å²) in [7, 11) is 0. The highest BCUT2D eigenvalue weighted by Crippen LogP contribution is 2.38. The number of aromatic hydroxyl groups is 2. The average Bonchev–Trinajstić information content (AvgIpc) is 1.56. The van der Waals surface area contributed by atoms with E-state index >= 15 is 0 Å². The number of hydrogen-bond donors (Lipinski definition) is 11. The van der Waals surface area contributed by atoms with Crippen LogP contribution < -0.4 is 43.2 Å². The highest BCUT2D eigenvalue weighted by Gasteiger charge is 2.28. The van der Waals surface area contributed by atoms with E-state index in [0.717, 1.165) is 57.9 Å². The van der Waals surface area contributed by atoms with Gasteiger partial charge in [0, 0.05) is 56.4 Å². The number of amides is 3. The van der Waals surface area contributed by atoms with Crippen molar-refractivity contribution in [2.45, 2.75) is 90.8 Å². The van der Waals surface area contributed by atoms with Gasteiger partial charge >= 0.3 is 3.18 Å². The SMILES string of the molecule is BrB(Br)Br.Cc1cc(C(=O)Nc2cccc(C(OCC3CC3)c3ccc(O)cc3)c2)n(-c2cccc(CN)c2)n1.Cl.NCCNCCN.OCC1CC1.[C-]#[N+]c1cccc(-n2nc(C)cc2C(=O)Nc2cccc(C(O)c3ccc(OCc4ccccc4)cc3)c2)c1.[C-]#[N+]c1cccc(-n2nc(C)cc2C(=O)Nc2cccc(C(OCC3CC3)c3ccc(O)cc3)c2)c1. The Morgan fingerprint density at radius 2 is 0.828 bits per heavy atom. The first-order valence-electron chi connectivity index (χ1n) is 41.7. The molecule has 14 N–H and O–H groups in total. The monoisotopic (exact) mass is 1930 g/mol. The Hall–Kier alpha value is -11.9. The number of hydrogen-bond acceptors (Lipinski definition) is 17. The lowest BCUT2D eigenvalue weighted by atomic mass is 10.0. The van der Waals surface area contributed by atoms with Gasteiger partial charge in [-0.05, 0) is 249 Å². The Morgan fingerprint density at radius 3 is 1.20 bits per heavy atom. The van der Waals surface area contributed by atoms with Gasteiger partial charge in [0.05, 0.1) is 60.5 Å². The van der Waals surface area contributed by atoms with Gasteiger partial charge in [0.2, 0.25) is 0 Å². The van der Waals surface area contributed by atoms with Crippen LogP contribution in [0.3, 0.4) is 0 Å². The summed E-state index contributed by atoms with van der Waals surface area (Å²) in [6, 6.07) is 80.6. The second-order valence-electron chi connectivity index (χ2n) is 30.6. The first-order chi connectivity index (χ1) is 61.6. The summed E-state index contributed by atoms with van der Waals surface area (Å²) in [4.78, 5) is 46.8. The number of benzene rings is 10. The smallest absolute Gasteiger partial charge is 0.369 e. The second kappa shape index (κ2) is 50.0. The quantitative estimate of drug-likeness (QED) is 0.0113. The highest BCUT2D eigenvalue weighted by molar-refractivity contribution is 9.69. The summed E-state index contributed by atoms with van der Waals surface area (Å²) in [5.74, 6) is 2.10. The number of phenolic OH excluding ortho intramolecular Hbond substituents is 2. The van der Waals surface area contributed by atoms with Crippen molar-refractivity contribution in [3.63, 3.8) is 0 Å². The van der Waals surface area contributed by atoms with Crippen molar-refractivity contribution in [2.75, 3.05) is 62.0 Å². The molecule has 25 nitrogen and oxygen atoms in total. The number of aryl methyl sites for hydroxylation is 3. The van der Waals surface area contributed by atoms with Crippen molar-refractivity contribution >= 4 is 109 Å². The minimum atomic E-state index is -0.880. The van der Waals surface area contributed by atoms with Crippen molar-refractivity contribution in [1.82, 2.24) is 34.7 Å². The fourth-order valence-electron chi connectivity index (χ4n) is 13.1. The maximum atomic E-state index is 13.3. The number of ether oxygens (including phenoxy) is 3. The van der Waals surface area contributed by atoms with Crippen LogP contribution in [-0.2, 0) is 22.6 Å². The molecule has 662 valence electrons. The molecule has 0 bridgehead atoms. The number of nitrogens with one attached hydrogen (secondary N) is 4.